The quantitative estimate of drug-likeness (QED) is 0.194. The van der Waals surface area contributed by atoms with Gasteiger partial charge in [0.2, 0.25) is 0 Å². The molecule has 7 nitrogen and oxygen atoms in total. The van der Waals surface area contributed by atoms with Crippen LogP contribution in [-0.4, -0.2) is 30.5 Å². The molecule has 1 amide bonds. The first-order valence-electron chi connectivity index (χ1n) is 9.89. The normalized spacial score (nSPS) is 11.6. The minimum absolute atomic E-state index is 0.0147. The lowest BCUT2D eigenvalue weighted by atomic mass is 9.98. The summed E-state index contributed by atoms with van der Waals surface area (Å²) >= 11 is 0.786. The summed E-state index contributed by atoms with van der Waals surface area (Å²) in [6, 6.07) is 17.6. The highest BCUT2D eigenvalue weighted by molar-refractivity contribution is 7.17. The van der Waals surface area contributed by atoms with Crippen molar-refractivity contribution in [1.82, 2.24) is 5.32 Å². The van der Waals surface area contributed by atoms with Gasteiger partial charge in [0.1, 0.15) is 12.2 Å². The fourth-order valence-corrected chi connectivity index (χ4v) is 4.46. The molecule has 1 aliphatic carbocycles. The van der Waals surface area contributed by atoms with E-state index < -0.39 is 11.0 Å². The molecule has 0 fully saturated rings. The van der Waals surface area contributed by atoms with Crippen molar-refractivity contribution in [3.05, 3.63) is 86.3 Å². The third kappa shape index (κ3) is 4.38. The molecule has 0 radical (unpaired) electrons. The molecule has 0 saturated carbocycles. The Morgan fingerprint density at radius 1 is 1.16 bits per heavy atom. The first-order chi connectivity index (χ1) is 15.6. The summed E-state index contributed by atoms with van der Waals surface area (Å²) in [7, 11) is 0. The van der Waals surface area contributed by atoms with Gasteiger partial charge in [0.15, 0.2) is 6.29 Å². The van der Waals surface area contributed by atoms with Crippen molar-refractivity contribution in [3.63, 3.8) is 0 Å². The highest BCUT2D eigenvalue weighted by Crippen LogP contribution is 2.44. The number of carbonyl (C=O) groups excluding carboxylic acids is 2. The van der Waals surface area contributed by atoms with Gasteiger partial charge in [0, 0.05) is 18.9 Å². The van der Waals surface area contributed by atoms with E-state index in [-0.39, 0.29) is 40.9 Å². The minimum atomic E-state index is -0.559. The van der Waals surface area contributed by atoms with Crippen LogP contribution in [0.15, 0.2) is 54.6 Å². The van der Waals surface area contributed by atoms with Crippen LogP contribution in [0, 0.1) is 22.0 Å². The number of alkyl carbamates (subject to hydrolysis) is 1. The van der Waals surface area contributed by atoms with Crippen molar-refractivity contribution in [3.8, 4) is 23.0 Å². The summed E-state index contributed by atoms with van der Waals surface area (Å²) in [4.78, 5) is 33.7. The maximum absolute atomic E-state index is 12.1. The monoisotopic (exact) mass is 446 g/mol. The number of nitro groups is 1. The second kappa shape index (κ2) is 9.45. The van der Waals surface area contributed by atoms with Gasteiger partial charge in [-0.05, 0) is 28.3 Å². The largest absolute Gasteiger partial charge is 0.449 e. The molecular weight excluding hydrogens is 428 g/mol. The van der Waals surface area contributed by atoms with Crippen LogP contribution in [0.3, 0.4) is 0 Å². The molecule has 1 N–H and O–H groups in total. The van der Waals surface area contributed by atoms with Crippen molar-refractivity contribution in [2.45, 2.75) is 12.3 Å². The van der Waals surface area contributed by atoms with Crippen molar-refractivity contribution >= 4 is 28.7 Å². The number of hydrogen-bond acceptors (Lipinski definition) is 6. The van der Waals surface area contributed by atoms with Gasteiger partial charge in [0.25, 0.3) is 0 Å². The van der Waals surface area contributed by atoms with E-state index >= 15 is 0 Å². The number of fused-ring (bicyclic) bond motifs is 3. The Labute approximate surface area is 188 Å². The van der Waals surface area contributed by atoms with Gasteiger partial charge in [-0.15, -0.1) is 0 Å². The van der Waals surface area contributed by atoms with Crippen LogP contribution in [0.5, 0.6) is 0 Å². The summed E-state index contributed by atoms with van der Waals surface area (Å²) in [5, 5.41) is 13.5. The Hall–Kier alpha value is -3.96. The first kappa shape index (κ1) is 21.3. The lowest BCUT2D eigenvalue weighted by Crippen LogP contribution is -2.26. The lowest BCUT2D eigenvalue weighted by molar-refractivity contribution is -0.380. The SMILES string of the molecule is O=Cc1cc(C#CCCNC(=O)OCC2c3ccccc3-c3ccccc32)c([N+](=O)[O-])s1. The third-order valence-corrected chi connectivity index (χ3v) is 6.11. The van der Waals surface area contributed by atoms with Crippen LogP contribution in [0.4, 0.5) is 9.80 Å². The van der Waals surface area contributed by atoms with Gasteiger partial charge in [0.05, 0.1) is 9.80 Å². The number of benzene rings is 2. The third-order valence-electron chi connectivity index (χ3n) is 5.10. The fraction of sp³-hybridized carbons (Fsp3) is 0.167. The standard InChI is InChI=1S/C24H18N2O5S/c27-14-17-13-16(23(32-17)26(29)30)7-5-6-12-25-24(28)31-15-22-20-10-3-1-8-18(20)19-9-2-4-11-21(19)22/h1-4,8-11,13-14,22H,6,12,15H2,(H,25,28). The van der Waals surface area contributed by atoms with E-state index in [4.69, 9.17) is 4.74 Å². The molecule has 4 rings (SSSR count). The zero-order valence-electron chi connectivity index (χ0n) is 16.9. The van der Waals surface area contributed by atoms with Crippen LogP contribution in [-0.2, 0) is 4.74 Å². The van der Waals surface area contributed by atoms with Crippen molar-refractivity contribution in [2.75, 3.05) is 13.2 Å². The number of nitrogens with one attached hydrogen (secondary N) is 1. The van der Waals surface area contributed by atoms with E-state index in [0.717, 1.165) is 33.6 Å². The van der Waals surface area contributed by atoms with Gasteiger partial charge in [-0.25, -0.2) is 4.79 Å². The van der Waals surface area contributed by atoms with Gasteiger partial charge >= 0.3 is 11.1 Å². The molecular formula is C24H18N2O5S. The van der Waals surface area contributed by atoms with Crippen LogP contribution in [0.2, 0.25) is 0 Å². The molecule has 8 heteroatoms. The van der Waals surface area contributed by atoms with Gasteiger partial charge in [-0.1, -0.05) is 71.7 Å². The van der Waals surface area contributed by atoms with E-state index in [1.165, 1.54) is 6.07 Å². The molecule has 0 aliphatic heterocycles. The molecule has 0 unspecified atom stereocenters. The summed E-state index contributed by atoms with van der Waals surface area (Å²) in [6.45, 7) is 0.462. The van der Waals surface area contributed by atoms with Gasteiger partial charge in [-0.3, -0.25) is 14.9 Å². The number of nitrogens with zero attached hydrogens (tertiary/aromatic N) is 1. The zero-order chi connectivity index (χ0) is 22.5. The zero-order valence-corrected chi connectivity index (χ0v) is 17.7. The Morgan fingerprint density at radius 3 is 2.44 bits per heavy atom. The highest BCUT2D eigenvalue weighted by Gasteiger charge is 2.28. The average Bonchev–Trinajstić information content (AvgIpc) is 3.37. The van der Waals surface area contributed by atoms with E-state index in [9.17, 15) is 19.7 Å². The molecule has 1 aliphatic rings. The van der Waals surface area contributed by atoms with E-state index in [0.29, 0.717) is 6.29 Å². The first-order valence-corrected chi connectivity index (χ1v) is 10.7. The topological polar surface area (TPSA) is 98.5 Å². The fourth-order valence-electron chi connectivity index (χ4n) is 3.72. The number of hydrogen-bond donors (Lipinski definition) is 1. The molecule has 160 valence electrons. The molecule has 2 aromatic carbocycles. The number of carbonyl (C=O) groups is 2. The molecule has 3 aromatic rings. The predicted molar refractivity (Wildman–Crippen MR) is 121 cm³/mol. The maximum Gasteiger partial charge on any atom is 0.407 e. The van der Waals surface area contributed by atoms with Crippen molar-refractivity contribution in [2.24, 2.45) is 0 Å². The van der Waals surface area contributed by atoms with Gasteiger partial charge in [-0.2, -0.15) is 0 Å². The smallest absolute Gasteiger partial charge is 0.407 e. The molecule has 0 atom stereocenters. The van der Waals surface area contributed by atoms with Crippen LogP contribution in [0.1, 0.15) is 38.7 Å². The lowest BCUT2D eigenvalue weighted by Gasteiger charge is -2.14. The number of thiophene rings is 1. The Balaban J connectivity index is 1.30. The number of rotatable bonds is 6. The molecule has 0 spiro atoms. The van der Waals surface area contributed by atoms with Crippen molar-refractivity contribution in [1.29, 1.82) is 0 Å². The van der Waals surface area contributed by atoms with E-state index in [1.807, 2.05) is 24.3 Å². The molecule has 32 heavy (non-hydrogen) atoms. The van der Waals surface area contributed by atoms with Crippen LogP contribution in [0.25, 0.3) is 11.1 Å². The van der Waals surface area contributed by atoms with E-state index in [2.05, 4.69) is 41.4 Å². The Bertz CT molecular complexity index is 1210. The number of amides is 1. The van der Waals surface area contributed by atoms with Crippen LogP contribution >= 0.6 is 11.3 Å². The summed E-state index contributed by atoms with van der Waals surface area (Å²) < 4.78 is 5.45. The van der Waals surface area contributed by atoms with Crippen LogP contribution < -0.4 is 5.32 Å². The Morgan fingerprint density at radius 2 is 1.81 bits per heavy atom. The summed E-state index contributed by atoms with van der Waals surface area (Å²) in [5.74, 6) is 5.45. The molecule has 0 bridgehead atoms. The molecule has 1 aromatic heterocycles. The average molecular weight is 446 g/mol. The highest BCUT2D eigenvalue weighted by atomic mass is 32.1. The predicted octanol–water partition coefficient (Wildman–Crippen LogP) is 4.75. The Kier molecular flexibility index (Phi) is 6.29. The minimum Gasteiger partial charge on any atom is -0.449 e. The maximum atomic E-state index is 12.1. The number of aldehydes is 1. The molecule has 1 heterocycles. The second-order valence-electron chi connectivity index (χ2n) is 7.05. The second-order valence-corrected chi connectivity index (χ2v) is 8.11. The summed E-state index contributed by atoms with van der Waals surface area (Å²) in [5.41, 5.74) is 4.79. The number of ether oxygens (including phenoxy) is 1. The summed E-state index contributed by atoms with van der Waals surface area (Å²) in [6.07, 6.45) is 0.299. The van der Waals surface area contributed by atoms with Gasteiger partial charge < -0.3 is 10.1 Å². The van der Waals surface area contributed by atoms with Crippen molar-refractivity contribution < 1.29 is 19.2 Å². The molecule has 0 saturated heterocycles. The van der Waals surface area contributed by atoms with E-state index in [1.54, 1.807) is 0 Å².